The van der Waals surface area contributed by atoms with E-state index in [4.69, 9.17) is 9.15 Å². The molecule has 0 bridgehead atoms. The van der Waals surface area contributed by atoms with E-state index in [1.54, 1.807) is 17.0 Å². The minimum atomic E-state index is -1.10. The standard InChI is InChI=1S/C30H33N5O7/c36-26(37)13-12-22(29(39)34-14-16-35(17-15-34)30(40)24-11-6-18-41-24)32-28(38)23-19-25(42-21-9-4-5-10-21)33-27(31-23)20-7-2-1-3-8-20/h1-3,6-8,11,18-19,21-22H,4-5,9-10,12-17H2,(H,32,38)(H,36,37). The van der Waals surface area contributed by atoms with Crippen molar-refractivity contribution in [2.24, 2.45) is 0 Å². The summed E-state index contributed by atoms with van der Waals surface area (Å²) in [6.07, 6.45) is 4.93. The summed E-state index contributed by atoms with van der Waals surface area (Å²) >= 11 is 0. The third kappa shape index (κ3) is 7.12. The molecule has 0 radical (unpaired) electrons. The molecule has 12 heteroatoms. The van der Waals surface area contributed by atoms with E-state index < -0.39 is 23.8 Å². The Hall–Kier alpha value is -4.74. The number of nitrogens with zero attached hydrogens (tertiary/aromatic N) is 4. The SMILES string of the molecule is O=C(O)CCC(NC(=O)c1cc(OC2CCCC2)nc(-c2ccccc2)n1)C(=O)N1CCN(C(=O)c2ccco2)CC1. The van der Waals surface area contributed by atoms with E-state index in [2.05, 4.69) is 15.3 Å². The largest absolute Gasteiger partial charge is 0.481 e. The number of aliphatic carboxylic acids is 1. The molecule has 1 atom stereocenters. The first kappa shape index (κ1) is 28.8. The lowest BCUT2D eigenvalue weighted by Crippen LogP contribution is -2.56. The zero-order valence-corrected chi connectivity index (χ0v) is 23.1. The van der Waals surface area contributed by atoms with Gasteiger partial charge in [0.1, 0.15) is 17.8 Å². The molecule has 1 unspecified atom stereocenters. The van der Waals surface area contributed by atoms with Crippen LogP contribution in [-0.4, -0.2) is 86.9 Å². The number of ether oxygens (including phenoxy) is 1. The number of rotatable bonds is 10. The van der Waals surface area contributed by atoms with Crippen LogP contribution in [0.25, 0.3) is 11.4 Å². The molecule has 5 rings (SSSR count). The molecule has 3 amide bonds. The summed E-state index contributed by atoms with van der Waals surface area (Å²) in [5, 5.41) is 12.0. The Kier molecular flexibility index (Phi) is 9.10. The van der Waals surface area contributed by atoms with Crippen LogP contribution in [0, 0.1) is 0 Å². The number of carbonyl (C=O) groups excluding carboxylic acids is 3. The highest BCUT2D eigenvalue weighted by molar-refractivity contribution is 5.97. The fraction of sp³-hybridized carbons (Fsp3) is 0.400. The Morgan fingerprint density at radius 1 is 0.976 bits per heavy atom. The first-order valence-corrected chi connectivity index (χ1v) is 14.1. The molecule has 1 aliphatic carbocycles. The summed E-state index contributed by atoms with van der Waals surface area (Å²) in [4.78, 5) is 63.1. The van der Waals surface area contributed by atoms with Crippen molar-refractivity contribution in [2.75, 3.05) is 26.2 Å². The van der Waals surface area contributed by atoms with Crippen LogP contribution in [0.5, 0.6) is 5.88 Å². The van der Waals surface area contributed by atoms with Crippen LogP contribution in [0.3, 0.4) is 0 Å². The normalized spacial score (nSPS) is 16.2. The van der Waals surface area contributed by atoms with Gasteiger partial charge in [-0.05, 0) is 44.2 Å². The van der Waals surface area contributed by atoms with Gasteiger partial charge in [0.05, 0.1) is 6.26 Å². The van der Waals surface area contributed by atoms with E-state index in [0.717, 1.165) is 25.7 Å². The highest BCUT2D eigenvalue weighted by atomic mass is 16.5. The third-order valence-corrected chi connectivity index (χ3v) is 7.42. The molecule has 1 saturated carbocycles. The van der Waals surface area contributed by atoms with Crippen LogP contribution in [0.1, 0.15) is 59.6 Å². The smallest absolute Gasteiger partial charge is 0.303 e. The molecule has 12 nitrogen and oxygen atoms in total. The molecule has 220 valence electrons. The van der Waals surface area contributed by atoms with E-state index in [1.165, 1.54) is 17.2 Å². The number of amides is 3. The second-order valence-corrected chi connectivity index (χ2v) is 10.4. The van der Waals surface area contributed by atoms with Crippen molar-refractivity contribution in [3.05, 3.63) is 66.2 Å². The lowest BCUT2D eigenvalue weighted by molar-refractivity contribution is -0.138. The number of aromatic nitrogens is 2. The second-order valence-electron chi connectivity index (χ2n) is 10.4. The van der Waals surface area contributed by atoms with E-state index >= 15 is 0 Å². The van der Waals surface area contributed by atoms with Crippen LogP contribution < -0.4 is 10.1 Å². The van der Waals surface area contributed by atoms with E-state index in [-0.39, 0.29) is 68.4 Å². The number of piperazine rings is 1. The Bertz CT molecular complexity index is 1400. The van der Waals surface area contributed by atoms with E-state index in [9.17, 15) is 24.3 Å². The van der Waals surface area contributed by atoms with Crippen LogP contribution in [-0.2, 0) is 9.59 Å². The fourth-order valence-electron chi connectivity index (χ4n) is 5.16. The predicted molar refractivity (Wildman–Crippen MR) is 150 cm³/mol. The molecular weight excluding hydrogens is 542 g/mol. The Morgan fingerprint density at radius 2 is 1.69 bits per heavy atom. The molecule has 3 aromatic rings. The van der Waals surface area contributed by atoms with Gasteiger partial charge in [0.2, 0.25) is 11.8 Å². The fourth-order valence-corrected chi connectivity index (χ4v) is 5.16. The van der Waals surface area contributed by atoms with Gasteiger partial charge in [-0.1, -0.05) is 30.3 Å². The molecule has 1 aromatic carbocycles. The molecular formula is C30H33N5O7. The van der Waals surface area contributed by atoms with Gasteiger partial charge in [-0.25, -0.2) is 4.98 Å². The van der Waals surface area contributed by atoms with Gasteiger partial charge in [0.15, 0.2) is 11.6 Å². The first-order chi connectivity index (χ1) is 20.4. The van der Waals surface area contributed by atoms with Crippen LogP contribution in [0.4, 0.5) is 0 Å². The maximum absolute atomic E-state index is 13.5. The van der Waals surface area contributed by atoms with Crippen LogP contribution in [0.15, 0.2) is 59.2 Å². The number of benzene rings is 1. The van der Waals surface area contributed by atoms with E-state index in [1.807, 2.05) is 30.3 Å². The van der Waals surface area contributed by atoms with Crippen molar-refractivity contribution in [2.45, 2.75) is 50.7 Å². The number of carbonyl (C=O) groups is 4. The molecule has 2 aromatic heterocycles. The van der Waals surface area contributed by atoms with Crippen molar-refractivity contribution in [1.29, 1.82) is 0 Å². The summed E-state index contributed by atoms with van der Waals surface area (Å²) in [5.41, 5.74) is 0.711. The summed E-state index contributed by atoms with van der Waals surface area (Å²) in [7, 11) is 0. The predicted octanol–water partition coefficient (Wildman–Crippen LogP) is 3.01. The molecule has 0 spiro atoms. The Labute approximate surface area is 242 Å². The molecule has 2 N–H and O–H groups in total. The highest BCUT2D eigenvalue weighted by Crippen LogP contribution is 2.25. The van der Waals surface area contributed by atoms with E-state index in [0.29, 0.717) is 11.4 Å². The van der Waals surface area contributed by atoms with Crippen molar-refractivity contribution in [3.8, 4) is 17.3 Å². The van der Waals surface area contributed by atoms with Crippen LogP contribution >= 0.6 is 0 Å². The van der Waals surface area contributed by atoms with Crippen molar-refractivity contribution in [1.82, 2.24) is 25.1 Å². The second kappa shape index (κ2) is 13.3. The van der Waals surface area contributed by atoms with Gasteiger partial charge in [-0.2, -0.15) is 4.98 Å². The number of carboxylic acids is 1. The number of furan rings is 1. The monoisotopic (exact) mass is 575 g/mol. The lowest BCUT2D eigenvalue weighted by Gasteiger charge is -2.36. The van der Waals surface area contributed by atoms with Crippen LogP contribution in [0.2, 0.25) is 0 Å². The van der Waals surface area contributed by atoms with Gasteiger partial charge in [-0.15, -0.1) is 0 Å². The first-order valence-electron chi connectivity index (χ1n) is 14.1. The lowest BCUT2D eigenvalue weighted by atomic mass is 10.1. The van der Waals surface area contributed by atoms with Gasteiger partial charge in [0, 0.05) is 44.2 Å². The van der Waals surface area contributed by atoms with Gasteiger partial charge < -0.3 is 29.4 Å². The molecule has 2 fully saturated rings. The highest BCUT2D eigenvalue weighted by Gasteiger charge is 2.32. The van der Waals surface area contributed by atoms with Crippen molar-refractivity contribution < 1.29 is 33.4 Å². The van der Waals surface area contributed by atoms with Crippen molar-refractivity contribution >= 4 is 23.7 Å². The molecule has 1 saturated heterocycles. The van der Waals surface area contributed by atoms with Gasteiger partial charge >= 0.3 is 5.97 Å². The van der Waals surface area contributed by atoms with Gasteiger partial charge in [0.25, 0.3) is 11.8 Å². The molecule has 2 aliphatic rings. The zero-order valence-electron chi connectivity index (χ0n) is 23.1. The Morgan fingerprint density at radius 3 is 2.36 bits per heavy atom. The molecule has 3 heterocycles. The summed E-state index contributed by atoms with van der Waals surface area (Å²) in [5.74, 6) is -1.62. The number of hydrogen-bond donors (Lipinski definition) is 2. The summed E-state index contributed by atoms with van der Waals surface area (Å²) < 4.78 is 11.3. The minimum Gasteiger partial charge on any atom is -0.481 e. The average Bonchev–Trinajstić information content (AvgIpc) is 3.74. The molecule has 42 heavy (non-hydrogen) atoms. The Balaban J connectivity index is 1.31. The number of carboxylic acid groups (broad SMARTS) is 1. The quantitative estimate of drug-likeness (QED) is 0.371. The number of hydrogen-bond acceptors (Lipinski definition) is 8. The van der Waals surface area contributed by atoms with Crippen molar-refractivity contribution in [3.63, 3.8) is 0 Å². The average molecular weight is 576 g/mol. The minimum absolute atomic E-state index is 0.00246. The van der Waals surface area contributed by atoms with Gasteiger partial charge in [-0.3, -0.25) is 19.2 Å². The topological polar surface area (TPSA) is 155 Å². The summed E-state index contributed by atoms with van der Waals surface area (Å²) in [6.45, 7) is 1.02. The molecule has 1 aliphatic heterocycles. The zero-order chi connectivity index (χ0) is 29.5. The maximum Gasteiger partial charge on any atom is 0.303 e. The summed E-state index contributed by atoms with van der Waals surface area (Å²) in [6, 6.07) is 12.8. The third-order valence-electron chi connectivity index (χ3n) is 7.42. The maximum atomic E-state index is 13.5. The number of nitrogens with one attached hydrogen (secondary N) is 1.